The molecule has 110 valence electrons. The lowest BCUT2D eigenvalue weighted by atomic mass is 9.84. The van der Waals surface area contributed by atoms with Crippen molar-refractivity contribution in [2.24, 2.45) is 5.41 Å². The van der Waals surface area contributed by atoms with Crippen LogP contribution in [0.3, 0.4) is 0 Å². The molecule has 4 nitrogen and oxygen atoms in total. The summed E-state index contributed by atoms with van der Waals surface area (Å²) in [5.74, 6) is 3.47. The maximum absolute atomic E-state index is 5.35. The van der Waals surface area contributed by atoms with Crippen molar-refractivity contribution >= 4 is 11.8 Å². The fourth-order valence-corrected chi connectivity index (χ4v) is 2.31. The average molecular weight is 285 g/mol. The largest absolute Gasteiger partial charge is 0.339 e. The highest BCUT2D eigenvalue weighted by atomic mass is 32.2. The first-order valence-corrected chi connectivity index (χ1v) is 8.25. The van der Waals surface area contributed by atoms with Crippen molar-refractivity contribution in [2.45, 2.75) is 59.3 Å². The van der Waals surface area contributed by atoms with Crippen LogP contribution in [-0.2, 0) is 12.2 Å². The van der Waals surface area contributed by atoms with Gasteiger partial charge in [0.2, 0.25) is 5.89 Å². The van der Waals surface area contributed by atoms with E-state index in [0.717, 1.165) is 42.6 Å². The zero-order valence-corrected chi connectivity index (χ0v) is 13.6. The fourth-order valence-electron chi connectivity index (χ4n) is 1.80. The minimum absolute atomic E-state index is 0.183. The minimum atomic E-state index is 0.183. The van der Waals surface area contributed by atoms with Crippen molar-refractivity contribution in [3.8, 4) is 0 Å². The third kappa shape index (κ3) is 5.95. The SMILES string of the molecule is CCCNC(Cc1nc(CSCC)no1)C(C)(C)C. The molecule has 0 aromatic carbocycles. The molecule has 0 aliphatic rings. The second-order valence-electron chi connectivity index (χ2n) is 5.82. The van der Waals surface area contributed by atoms with Gasteiger partial charge in [-0.3, -0.25) is 0 Å². The summed E-state index contributed by atoms with van der Waals surface area (Å²) in [5.41, 5.74) is 0.183. The van der Waals surface area contributed by atoms with E-state index in [1.807, 2.05) is 11.8 Å². The topological polar surface area (TPSA) is 51.0 Å². The summed E-state index contributed by atoms with van der Waals surface area (Å²) in [6.07, 6.45) is 1.93. The summed E-state index contributed by atoms with van der Waals surface area (Å²) in [6, 6.07) is 0.361. The zero-order valence-electron chi connectivity index (χ0n) is 12.8. The van der Waals surface area contributed by atoms with Gasteiger partial charge in [0.1, 0.15) is 0 Å². The smallest absolute Gasteiger partial charge is 0.228 e. The van der Waals surface area contributed by atoms with Gasteiger partial charge in [-0.05, 0) is 24.1 Å². The van der Waals surface area contributed by atoms with Crippen molar-refractivity contribution < 1.29 is 4.52 Å². The van der Waals surface area contributed by atoms with Crippen LogP contribution in [0.25, 0.3) is 0 Å². The van der Waals surface area contributed by atoms with E-state index in [-0.39, 0.29) is 5.41 Å². The molecule has 1 aromatic rings. The van der Waals surface area contributed by atoms with E-state index in [0.29, 0.717) is 6.04 Å². The van der Waals surface area contributed by atoms with E-state index >= 15 is 0 Å². The first-order chi connectivity index (χ1) is 8.97. The lowest BCUT2D eigenvalue weighted by molar-refractivity contribution is 0.244. The van der Waals surface area contributed by atoms with Crippen LogP contribution in [0.5, 0.6) is 0 Å². The van der Waals surface area contributed by atoms with Crippen molar-refractivity contribution in [3.05, 3.63) is 11.7 Å². The van der Waals surface area contributed by atoms with Crippen molar-refractivity contribution in [3.63, 3.8) is 0 Å². The molecule has 1 rings (SSSR count). The summed E-state index contributed by atoms with van der Waals surface area (Å²) in [7, 11) is 0. The summed E-state index contributed by atoms with van der Waals surface area (Å²) in [4.78, 5) is 4.47. The van der Waals surface area contributed by atoms with E-state index in [4.69, 9.17) is 4.52 Å². The Bertz CT molecular complexity index is 360. The van der Waals surface area contributed by atoms with E-state index < -0.39 is 0 Å². The van der Waals surface area contributed by atoms with E-state index in [1.54, 1.807) is 0 Å². The van der Waals surface area contributed by atoms with Gasteiger partial charge in [-0.15, -0.1) is 0 Å². The van der Waals surface area contributed by atoms with Crippen LogP contribution in [0.4, 0.5) is 0 Å². The molecule has 0 aliphatic carbocycles. The van der Waals surface area contributed by atoms with Crippen LogP contribution in [0.15, 0.2) is 4.52 Å². The van der Waals surface area contributed by atoms with Crippen LogP contribution >= 0.6 is 11.8 Å². The molecule has 0 aliphatic heterocycles. The normalized spacial score (nSPS) is 13.7. The number of nitrogens with zero attached hydrogens (tertiary/aromatic N) is 2. The molecule has 5 heteroatoms. The minimum Gasteiger partial charge on any atom is -0.339 e. The molecular weight excluding hydrogens is 258 g/mol. The molecule has 0 spiro atoms. The molecule has 19 heavy (non-hydrogen) atoms. The van der Waals surface area contributed by atoms with Crippen LogP contribution in [-0.4, -0.2) is 28.5 Å². The Labute approximate surface area is 121 Å². The summed E-state index contributed by atoms with van der Waals surface area (Å²) in [5, 5.41) is 7.61. The number of aromatic nitrogens is 2. The molecule has 1 N–H and O–H groups in total. The van der Waals surface area contributed by atoms with Gasteiger partial charge in [-0.2, -0.15) is 16.7 Å². The highest BCUT2D eigenvalue weighted by Gasteiger charge is 2.26. The molecule has 0 radical (unpaired) electrons. The third-order valence-electron chi connectivity index (χ3n) is 3.01. The van der Waals surface area contributed by atoms with Gasteiger partial charge in [-0.1, -0.05) is 39.8 Å². The van der Waals surface area contributed by atoms with Crippen LogP contribution in [0.2, 0.25) is 0 Å². The molecule has 1 unspecified atom stereocenters. The van der Waals surface area contributed by atoms with E-state index in [1.165, 1.54) is 0 Å². The van der Waals surface area contributed by atoms with Gasteiger partial charge < -0.3 is 9.84 Å². The number of thioether (sulfide) groups is 1. The first kappa shape index (κ1) is 16.5. The Balaban J connectivity index is 2.60. The van der Waals surface area contributed by atoms with Crippen molar-refractivity contribution in [1.82, 2.24) is 15.5 Å². The Morgan fingerprint density at radius 3 is 2.63 bits per heavy atom. The lowest BCUT2D eigenvalue weighted by Crippen LogP contribution is -2.42. The van der Waals surface area contributed by atoms with Crippen LogP contribution < -0.4 is 5.32 Å². The molecular formula is C14H27N3OS. The summed E-state index contributed by atoms with van der Waals surface area (Å²) < 4.78 is 5.35. The predicted molar refractivity (Wildman–Crippen MR) is 81.4 cm³/mol. The average Bonchev–Trinajstić information content (AvgIpc) is 2.78. The second-order valence-corrected chi connectivity index (χ2v) is 7.09. The van der Waals surface area contributed by atoms with Gasteiger partial charge >= 0.3 is 0 Å². The Hall–Kier alpha value is -0.550. The molecule has 1 atom stereocenters. The van der Waals surface area contributed by atoms with Gasteiger partial charge in [0, 0.05) is 12.5 Å². The number of hydrogen-bond donors (Lipinski definition) is 1. The predicted octanol–water partition coefficient (Wildman–Crippen LogP) is 3.28. The van der Waals surface area contributed by atoms with Gasteiger partial charge in [-0.25, -0.2) is 0 Å². The number of hydrogen-bond acceptors (Lipinski definition) is 5. The molecule has 0 saturated heterocycles. The molecule has 0 saturated carbocycles. The van der Waals surface area contributed by atoms with Gasteiger partial charge in [0.25, 0.3) is 0 Å². The van der Waals surface area contributed by atoms with Crippen molar-refractivity contribution in [1.29, 1.82) is 0 Å². The molecule has 1 aromatic heterocycles. The highest BCUT2D eigenvalue weighted by molar-refractivity contribution is 7.98. The maximum atomic E-state index is 5.35. The quantitative estimate of drug-likeness (QED) is 0.794. The summed E-state index contributed by atoms with van der Waals surface area (Å²) in [6.45, 7) is 12.1. The second kappa shape index (κ2) is 7.90. The van der Waals surface area contributed by atoms with E-state index in [9.17, 15) is 0 Å². The zero-order chi connectivity index (χ0) is 14.3. The number of nitrogens with one attached hydrogen (secondary N) is 1. The Kier molecular flexibility index (Phi) is 6.86. The number of rotatable bonds is 8. The maximum Gasteiger partial charge on any atom is 0.228 e. The molecule has 1 heterocycles. The van der Waals surface area contributed by atoms with E-state index in [2.05, 4.69) is 50.1 Å². The fraction of sp³-hybridized carbons (Fsp3) is 0.857. The standard InChI is InChI=1S/C14H27N3OS/c1-6-8-15-11(14(3,4)5)9-13-16-12(17-18-13)10-19-7-2/h11,15H,6-10H2,1-5H3. The third-order valence-corrected chi connectivity index (χ3v) is 3.88. The molecule has 0 bridgehead atoms. The summed E-state index contributed by atoms with van der Waals surface area (Å²) >= 11 is 1.81. The van der Waals surface area contributed by atoms with Crippen LogP contribution in [0.1, 0.15) is 52.8 Å². The first-order valence-electron chi connectivity index (χ1n) is 7.10. The molecule has 0 fully saturated rings. The Morgan fingerprint density at radius 2 is 2.05 bits per heavy atom. The molecule has 0 amide bonds. The van der Waals surface area contributed by atoms with Crippen LogP contribution in [0, 0.1) is 5.41 Å². The Morgan fingerprint density at radius 1 is 1.32 bits per heavy atom. The lowest BCUT2D eigenvalue weighted by Gasteiger charge is -2.30. The van der Waals surface area contributed by atoms with Gasteiger partial charge in [0.15, 0.2) is 5.82 Å². The monoisotopic (exact) mass is 285 g/mol. The van der Waals surface area contributed by atoms with Gasteiger partial charge in [0.05, 0.1) is 5.75 Å². The highest BCUT2D eigenvalue weighted by Crippen LogP contribution is 2.22. The van der Waals surface area contributed by atoms with Crippen molar-refractivity contribution in [2.75, 3.05) is 12.3 Å².